The maximum absolute atomic E-state index is 10.7. The van der Waals surface area contributed by atoms with Crippen molar-refractivity contribution in [1.29, 1.82) is 0 Å². The second-order valence-electron chi connectivity index (χ2n) is 5.76. The summed E-state index contributed by atoms with van der Waals surface area (Å²) in [6.45, 7) is 10.6. The molecule has 0 radical (unpaired) electrons. The lowest BCUT2D eigenvalue weighted by Crippen LogP contribution is -2.45. The van der Waals surface area contributed by atoms with E-state index >= 15 is 0 Å². The van der Waals surface area contributed by atoms with E-state index in [-0.39, 0.29) is 5.75 Å². The van der Waals surface area contributed by atoms with Gasteiger partial charge in [-0.3, -0.25) is 4.55 Å². The van der Waals surface area contributed by atoms with E-state index in [2.05, 4.69) is 20.0 Å². The average Bonchev–Trinajstić information content (AvgIpc) is 2.09. The lowest BCUT2D eigenvalue weighted by molar-refractivity contribution is 0.481. The Morgan fingerprint density at radius 2 is 1.53 bits per heavy atom. The van der Waals surface area contributed by atoms with Crippen LogP contribution in [0.15, 0.2) is 0 Å². The third kappa shape index (κ3) is 9.96. The zero-order valence-corrected chi connectivity index (χ0v) is 14.4. The van der Waals surface area contributed by atoms with E-state index in [1.54, 1.807) is 0 Å². The van der Waals surface area contributed by atoms with Gasteiger partial charge in [-0.25, -0.2) is 0 Å². The molecule has 7 heteroatoms. The molecule has 17 heavy (non-hydrogen) atoms. The Hall–Kier alpha value is 0.304. The van der Waals surface area contributed by atoms with Crippen LogP contribution in [0.1, 0.15) is 19.8 Å². The molecule has 0 amide bonds. The molecule has 0 atom stereocenters. The van der Waals surface area contributed by atoms with Crippen LogP contribution in [0, 0.1) is 0 Å². The minimum Gasteiger partial charge on any atom is -0.455 e. The molecule has 0 heterocycles. The van der Waals surface area contributed by atoms with E-state index in [1.807, 2.05) is 13.1 Å². The minimum absolute atomic E-state index is 0.176. The van der Waals surface area contributed by atoms with Crippen molar-refractivity contribution in [1.82, 2.24) is 0 Å². The van der Waals surface area contributed by atoms with E-state index in [1.165, 1.54) is 6.42 Å². The summed E-state index contributed by atoms with van der Waals surface area (Å²) in [4.78, 5) is 0. The highest BCUT2D eigenvalue weighted by Crippen LogP contribution is 2.23. The van der Waals surface area contributed by atoms with Crippen molar-refractivity contribution in [2.24, 2.45) is 0 Å². The number of unbranched alkanes of at least 4 members (excludes halogenated alkanes) is 1. The highest BCUT2D eigenvalue weighted by Gasteiger charge is 2.33. The van der Waals surface area contributed by atoms with Gasteiger partial charge in [-0.2, -0.15) is 8.42 Å². The third-order valence-corrected chi connectivity index (χ3v) is 11.2. The van der Waals surface area contributed by atoms with Gasteiger partial charge in [0, 0.05) is 0 Å². The molecular formula is C10H26O4SSi2. The Morgan fingerprint density at radius 1 is 1.06 bits per heavy atom. The molecule has 0 aliphatic carbocycles. The fourth-order valence-corrected chi connectivity index (χ4v) is 12.8. The fourth-order valence-electron chi connectivity index (χ4n) is 1.83. The van der Waals surface area contributed by atoms with Crippen LogP contribution >= 0.6 is 0 Å². The van der Waals surface area contributed by atoms with Crippen molar-refractivity contribution in [2.45, 2.75) is 58.0 Å². The summed E-state index contributed by atoms with van der Waals surface area (Å²) in [7, 11) is -7.51. The van der Waals surface area contributed by atoms with Crippen LogP contribution in [0.3, 0.4) is 0 Å². The molecule has 0 spiro atoms. The van der Waals surface area contributed by atoms with Crippen LogP contribution in [0.5, 0.6) is 0 Å². The summed E-state index contributed by atoms with van der Waals surface area (Å²) in [5, 5.41) is 0. The summed E-state index contributed by atoms with van der Waals surface area (Å²) in [5.74, 6) is -0.176. The average molecular weight is 299 g/mol. The molecule has 104 valence electrons. The van der Waals surface area contributed by atoms with Crippen LogP contribution in [0.25, 0.3) is 0 Å². The van der Waals surface area contributed by atoms with Crippen LogP contribution < -0.4 is 0 Å². The Kier molecular flexibility index (Phi) is 6.58. The summed E-state index contributed by atoms with van der Waals surface area (Å²) in [6, 6.07) is 1.58. The van der Waals surface area contributed by atoms with E-state index < -0.39 is 26.8 Å². The molecule has 0 rings (SSSR count). The van der Waals surface area contributed by atoms with Crippen LogP contribution in [0.4, 0.5) is 0 Å². The number of rotatable bonds is 8. The van der Waals surface area contributed by atoms with Crippen molar-refractivity contribution in [3.63, 3.8) is 0 Å². The highest BCUT2D eigenvalue weighted by atomic mass is 32.2. The van der Waals surface area contributed by atoms with Crippen molar-refractivity contribution in [3.05, 3.63) is 0 Å². The van der Waals surface area contributed by atoms with Gasteiger partial charge in [0.25, 0.3) is 10.1 Å². The predicted molar refractivity (Wildman–Crippen MR) is 77.0 cm³/mol. The lowest BCUT2D eigenvalue weighted by atomic mass is 10.4. The molecule has 0 aromatic rings. The molecule has 0 bridgehead atoms. The monoisotopic (exact) mass is 298 g/mol. The smallest absolute Gasteiger partial charge is 0.264 e. The molecule has 0 fully saturated rings. The topological polar surface area (TPSA) is 63.6 Å². The van der Waals surface area contributed by atoms with Crippen molar-refractivity contribution in [3.8, 4) is 0 Å². The zero-order chi connectivity index (χ0) is 13.7. The zero-order valence-electron chi connectivity index (χ0n) is 11.6. The van der Waals surface area contributed by atoms with E-state index in [0.29, 0.717) is 6.04 Å². The van der Waals surface area contributed by atoms with Gasteiger partial charge >= 0.3 is 0 Å². The van der Waals surface area contributed by atoms with Gasteiger partial charge in [0.2, 0.25) is 0 Å². The lowest BCUT2D eigenvalue weighted by Gasteiger charge is -2.33. The predicted octanol–water partition coefficient (Wildman–Crippen LogP) is 3.10. The number of hydrogen-bond donors (Lipinski definition) is 1. The molecule has 1 N–H and O–H groups in total. The molecule has 0 aromatic heterocycles. The second-order valence-corrected chi connectivity index (χ2v) is 16.2. The SMILES string of the molecule is CCCC[Si](C)(C)O[Si](C)(C)CCS(=O)(=O)O. The molecule has 4 nitrogen and oxygen atoms in total. The molecule has 0 unspecified atom stereocenters. The molecular weight excluding hydrogens is 272 g/mol. The summed E-state index contributed by atoms with van der Waals surface area (Å²) in [5.41, 5.74) is 0. The quantitative estimate of drug-likeness (QED) is 0.552. The van der Waals surface area contributed by atoms with Gasteiger partial charge in [-0.05, 0) is 38.3 Å². The first kappa shape index (κ1) is 17.3. The molecule has 0 saturated heterocycles. The molecule has 0 saturated carbocycles. The fraction of sp³-hybridized carbons (Fsp3) is 1.00. The van der Waals surface area contributed by atoms with E-state index in [4.69, 9.17) is 8.67 Å². The van der Waals surface area contributed by atoms with Gasteiger partial charge in [-0.1, -0.05) is 19.8 Å². The first-order chi connectivity index (χ1) is 7.47. The maximum Gasteiger partial charge on any atom is 0.264 e. The van der Waals surface area contributed by atoms with Gasteiger partial charge in [0.15, 0.2) is 16.6 Å². The maximum atomic E-state index is 10.7. The highest BCUT2D eigenvalue weighted by molar-refractivity contribution is 7.85. The van der Waals surface area contributed by atoms with Crippen LogP contribution in [-0.4, -0.2) is 35.4 Å². The van der Waals surface area contributed by atoms with Gasteiger partial charge in [-0.15, -0.1) is 0 Å². The van der Waals surface area contributed by atoms with Crippen molar-refractivity contribution >= 4 is 26.8 Å². The number of hydrogen-bond acceptors (Lipinski definition) is 3. The minimum atomic E-state index is -3.86. The van der Waals surface area contributed by atoms with Gasteiger partial charge in [0.05, 0.1) is 5.75 Å². The second kappa shape index (κ2) is 6.46. The van der Waals surface area contributed by atoms with E-state index in [9.17, 15) is 8.42 Å². The Bertz CT molecular complexity index is 325. The van der Waals surface area contributed by atoms with Crippen molar-refractivity contribution in [2.75, 3.05) is 5.75 Å². The summed E-state index contributed by atoms with van der Waals surface area (Å²) < 4.78 is 36.5. The first-order valence-corrected chi connectivity index (χ1v) is 14.0. The Morgan fingerprint density at radius 3 is 1.94 bits per heavy atom. The largest absolute Gasteiger partial charge is 0.455 e. The van der Waals surface area contributed by atoms with Crippen LogP contribution in [0.2, 0.25) is 38.3 Å². The standard InChI is InChI=1S/C10H26O4SSi2/c1-6-7-9-16(2,3)14-17(4,5)10-8-15(11,12)13/h6-10H2,1-5H3,(H,11,12,13). The molecule has 0 aliphatic rings. The van der Waals surface area contributed by atoms with Gasteiger partial charge in [0.1, 0.15) is 0 Å². The Labute approximate surface area is 108 Å². The third-order valence-electron chi connectivity index (χ3n) is 2.65. The Balaban J connectivity index is 4.32. The summed E-state index contributed by atoms with van der Waals surface area (Å²) >= 11 is 0. The van der Waals surface area contributed by atoms with Gasteiger partial charge < -0.3 is 4.12 Å². The first-order valence-electron chi connectivity index (χ1n) is 6.13. The molecule has 0 aliphatic heterocycles. The normalized spacial score (nSPS) is 14.0. The van der Waals surface area contributed by atoms with Crippen LogP contribution in [-0.2, 0) is 14.2 Å². The summed E-state index contributed by atoms with van der Waals surface area (Å²) in [6.07, 6.45) is 2.33. The molecule has 0 aromatic carbocycles. The van der Waals surface area contributed by atoms with Crippen molar-refractivity contribution < 1.29 is 17.1 Å². The van der Waals surface area contributed by atoms with E-state index in [0.717, 1.165) is 12.5 Å².